The van der Waals surface area contributed by atoms with Gasteiger partial charge in [-0.2, -0.15) is 11.8 Å². The molecule has 1 N–H and O–H groups in total. The number of rotatable bonds is 3. The summed E-state index contributed by atoms with van der Waals surface area (Å²) in [5.41, 5.74) is 0.544. The number of nitrogens with one attached hydrogen (secondary N) is 1. The summed E-state index contributed by atoms with van der Waals surface area (Å²) in [6.45, 7) is 3.60. The van der Waals surface area contributed by atoms with E-state index in [2.05, 4.69) is 24.0 Å². The highest BCUT2D eigenvalue weighted by molar-refractivity contribution is 7.99. The summed E-state index contributed by atoms with van der Waals surface area (Å²) in [5.74, 6) is 3.77. The zero-order valence-electron chi connectivity index (χ0n) is 9.35. The molecule has 0 aliphatic carbocycles. The Kier molecular flexibility index (Phi) is 3.78. The summed E-state index contributed by atoms with van der Waals surface area (Å²) in [6, 6.07) is 0. The first kappa shape index (κ1) is 10.8. The van der Waals surface area contributed by atoms with E-state index in [0.29, 0.717) is 5.54 Å². The van der Waals surface area contributed by atoms with Crippen molar-refractivity contribution in [2.75, 3.05) is 18.1 Å². The van der Waals surface area contributed by atoms with Crippen molar-refractivity contribution in [1.82, 2.24) is 5.32 Å². The molecule has 2 atom stereocenters. The Bertz CT molecular complexity index is 169. The molecule has 1 nitrogen and oxygen atoms in total. The number of hydrogen-bond donors (Lipinski definition) is 1. The van der Waals surface area contributed by atoms with Crippen molar-refractivity contribution in [2.24, 2.45) is 5.92 Å². The van der Waals surface area contributed by atoms with Gasteiger partial charge in [0.2, 0.25) is 0 Å². The quantitative estimate of drug-likeness (QED) is 0.773. The molecule has 0 aromatic rings. The van der Waals surface area contributed by atoms with Crippen molar-refractivity contribution in [2.45, 2.75) is 51.0 Å². The van der Waals surface area contributed by atoms with Crippen LogP contribution in [0.1, 0.15) is 45.4 Å². The van der Waals surface area contributed by atoms with Gasteiger partial charge in [-0.15, -0.1) is 0 Å². The van der Waals surface area contributed by atoms with Crippen LogP contribution in [0.4, 0.5) is 0 Å². The van der Waals surface area contributed by atoms with Gasteiger partial charge in [0.1, 0.15) is 0 Å². The largest absolute Gasteiger partial charge is 0.311 e. The maximum absolute atomic E-state index is 3.83. The smallest absolute Gasteiger partial charge is 0.0217 e. The van der Waals surface area contributed by atoms with Crippen molar-refractivity contribution in [3.8, 4) is 0 Å². The fourth-order valence-corrected chi connectivity index (χ4v) is 4.53. The van der Waals surface area contributed by atoms with Gasteiger partial charge >= 0.3 is 0 Å². The summed E-state index contributed by atoms with van der Waals surface area (Å²) < 4.78 is 0. The first-order valence-corrected chi connectivity index (χ1v) is 7.35. The molecular weight excluding hydrogens is 190 g/mol. The van der Waals surface area contributed by atoms with E-state index in [1.54, 1.807) is 0 Å². The van der Waals surface area contributed by atoms with E-state index in [4.69, 9.17) is 0 Å². The van der Waals surface area contributed by atoms with E-state index in [1.165, 1.54) is 56.6 Å². The highest BCUT2D eigenvalue weighted by atomic mass is 32.2. The molecule has 2 aliphatic rings. The fraction of sp³-hybridized carbons (Fsp3) is 1.00. The molecule has 2 heteroatoms. The van der Waals surface area contributed by atoms with Crippen LogP contribution in [-0.4, -0.2) is 23.6 Å². The Morgan fingerprint density at radius 3 is 2.93 bits per heavy atom. The number of thioether (sulfide) groups is 1. The maximum atomic E-state index is 3.83. The van der Waals surface area contributed by atoms with E-state index < -0.39 is 0 Å². The van der Waals surface area contributed by atoms with E-state index in [9.17, 15) is 0 Å². The minimum Gasteiger partial charge on any atom is -0.311 e. The van der Waals surface area contributed by atoms with Crippen LogP contribution in [0.15, 0.2) is 0 Å². The molecule has 2 fully saturated rings. The molecule has 0 radical (unpaired) electrons. The van der Waals surface area contributed by atoms with Gasteiger partial charge in [0.15, 0.2) is 0 Å². The van der Waals surface area contributed by atoms with Crippen molar-refractivity contribution >= 4 is 11.8 Å². The standard InChI is InChI=1S/C12H23NS/c1-2-6-12(7-4-8-13-12)11-5-3-9-14-10-11/h11,13H,2-10H2,1H3. The third-order valence-electron chi connectivity index (χ3n) is 3.91. The van der Waals surface area contributed by atoms with Crippen LogP contribution in [0.3, 0.4) is 0 Å². The summed E-state index contributed by atoms with van der Waals surface area (Å²) in [6.07, 6.45) is 8.50. The lowest BCUT2D eigenvalue weighted by molar-refractivity contribution is 0.222. The molecular formula is C12H23NS. The van der Waals surface area contributed by atoms with Crippen molar-refractivity contribution in [3.05, 3.63) is 0 Å². The third-order valence-corrected chi connectivity index (χ3v) is 5.13. The van der Waals surface area contributed by atoms with E-state index in [1.807, 2.05) is 0 Å². The molecule has 0 amide bonds. The first-order valence-electron chi connectivity index (χ1n) is 6.20. The Hall–Kier alpha value is 0.310. The van der Waals surface area contributed by atoms with E-state index in [-0.39, 0.29) is 0 Å². The molecule has 0 bridgehead atoms. The fourth-order valence-electron chi connectivity index (χ4n) is 3.22. The van der Waals surface area contributed by atoms with Crippen molar-refractivity contribution in [1.29, 1.82) is 0 Å². The van der Waals surface area contributed by atoms with E-state index in [0.717, 1.165) is 5.92 Å². The van der Waals surface area contributed by atoms with Gasteiger partial charge in [0.05, 0.1) is 0 Å². The molecule has 0 spiro atoms. The van der Waals surface area contributed by atoms with Gasteiger partial charge in [-0.3, -0.25) is 0 Å². The lowest BCUT2D eigenvalue weighted by Gasteiger charge is -2.40. The summed E-state index contributed by atoms with van der Waals surface area (Å²) in [4.78, 5) is 0. The summed E-state index contributed by atoms with van der Waals surface area (Å²) in [5, 5.41) is 3.83. The predicted molar refractivity (Wildman–Crippen MR) is 64.9 cm³/mol. The SMILES string of the molecule is CCCC1(C2CCCSC2)CCCN1. The Morgan fingerprint density at radius 2 is 2.36 bits per heavy atom. The van der Waals surface area contributed by atoms with Crippen LogP contribution in [0.25, 0.3) is 0 Å². The highest BCUT2D eigenvalue weighted by Gasteiger charge is 2.40. The normalized spacial score (nSPS) is 38.8. The molecule has 2 heterocycles. The van der Waals surface area contributed by atoms with Gasteiger partial charge in [0.25, 0.3) is 0 Å². The Morgan fingerprint density at radius 1 is 1.43 bits per heavy atom. The molecule has 82 valence electrons. The second-order valence-electron chi connectivity index (χ2n) is 4.85. The number of hydrogen-bond acceptors (Lipinski definition) is 2. The molecule has 2 aliphatic heterocycles. The molecule has 0 saturated carbocycles. The maximum Gasteiger partial charge on any atom is 0.0217 e. The monoisotopic (exact) mass is 213 g/mol. The van der Waals surface area contributed by atoms with Gasteiger partial charge in [0, 0.05) is 5.54 Å². The Balaban J connectivity index is 2.00. The molecule has 0 aromatic carbocycles. The van der Waals surface area contributed by atoms with E-state index >= 15 is 0 Å². The molecule has 14 heavy (non-hydrogen) atoms. The average Bonchev–Trinajstić information content (AvgIpc) is 2.70. The zero-order chi connectivity index (χ0) is 9.86. The highest BCUT2D eigenvalue weighted by Crippen LogP contribution is 2.39. The van der Waals surface area contributed by atoms with Crippen LogP contribution in [0.2, 0.25) is 0 Å². The van der Waals surface area contributed by atoms with Crippen LogP contribution in [-0.2, 0) is 0 Å². The Labute approximate surface area is 92.4 Å². The van der Waals surface area contributed by atoms with Crippen LogP contribution >= 0.6 is 11.8 Å². The predicted octanol–water partition coefficient (Wildman–Crippen LogP) is 3.05. The molecule has 0 aromatic heterocycles. The van der Waals surface area contributed by atoms with Gasteiger partial charge < -0.3 is 5.32 Å². The zero-order valence-corrected chi connectivity index (χ0v) is 10.2. The van der Waals surface area contributed by atoms with Gasteiger partial charge in [-0.25, -0.2) is 0 Å². The van der Waals surface area contributed by atoms with Crippen LogP contribution < -0.4 is 5.32 Å². The van der Waals surface area contributed by atoms with Crippen LogP contribution in [0.5, 0.6) is 0 Å². The molecule has 2 unspecified atom stereocenters. The first-order chi connectivity index (χ1) is 6.87. The van der Waals surface area contributed by atoms with Crippen molar-refractivity contribution in [3.63, 3.8) is 0 Å². The molecule has 2 saturated heterocycles. The average molecular weight is 213 g/mol. The second-order valence-corrected chi connectivity index (χ2v) is 6.00. The van der Waals surface area contributed by atoms with Crippen molar-refractivity contribution < 1.29 is 0 Å². The second kappa shape index (κ2) is 4.89. The topological polar surface area (TPSA) is 12.0 Å². The lowest BCUT2D eigenvalue weighted by atomic mass is 9.77. The third kappa shape index (κ3) is 2.11. The summed E-state index contributed by atoms with van der Waals surface area (Å²) >= 11 is 2.17. The lowest BCUT2D eigenvalue weighted by Crippen LogP contribution is -2.48. The van der Waals surface area contributed by atoms with Crippen LogP contribution in [0, 0.1) is 5.92 Å². The minimum atomic E-state index is 0.544. The summed E-state index contributed by atoms with van der Waals surface area (Å²) in [7, 11) is 0. The minimum absolute atomic E-state index is 0.544. The van der Waals surface area contributed by atoms with Gasteiger partial charge in [-0.05, 0) is 56.1 Å². The van der Waals surface area contributed by atoms with Gasteiger partial charge in [-0.1, -0.05) is 13.3 Å². The molecule has 2 rings (SSSR count).